The number of aliphatic carboxylic acids is 1. The van der Waals surface area contributed by atoms with Crippen LogP contribution in [0.25, 0.3) is 0 Å². The number of rotatable bonds is 9. The van der Waals surface area contributed by atoms with Gasteiger partial charge in [0.2, 0.25) is 0 Å². The number of unbranched alkanes of at least 4 members (excludes halogenated alkanes) is 3. The maximum atomic E-state index is 12.1. The van der Waals surface area contributed by atoms with Crippen molar-refractivity contribution in [3.8, 4) is 0 Å². The molecule has 1 aliphatic carbocycles. The lowest BCUT2D eigenvalue weighted by Gasteiger charge is -2.07. The number of anilines is 1. The van der Waals surface area contributed by atoms with Crippen molar-refractivity contribution in [3.05, 3.63) is 22.7 Å². The molecule has 0 aromatic carbocycles. The van der Waals surface area contributed by atoms with Crippen LogP contribution in [0.1, 0.15) is 51.0 Å². The maximum Gasteiger partial charge on any atom is 0.303 e. The molecular formula is C14H21N3O3. The largest absolute Gasteiger partial charge is 0.481 e. The van der Waals surface area contributed by atoms with Crippen molar-refractivity contribution in [2.45, 2.75) is 51.0 Å². The van der Waals surface area contributed by atoms with Crippen LogP contribution in [0.2, 0.25) is 0 Å². The Kier molecular flexibility index (Phi) is 5.15. The first-order valence-electron chi connectivity index (χ1n) is 7.21. The van der Waals surface area contributed by atoms with Gasteiger partial charge in [-0.1, -0.05) is 12.8 Å². The lowest BCUT2D eigenvalue weighted by atomic mass is 10.1. The van der Waals surface area contributed by atoms with Crippen LogP contribution in [-0.2, 0) is 4.79 Å². The molecule has 0 bridgehead atoms. The van der Waals surface area contributed by atoms with Crippen LogP contribution in [0.5, 0.6) is 0 Å². The van der Waals surface area contributed by atoms with Crippen LogP contribution >= 0.6 is 0 Å². The summed E-state index contributed by atoms with van der Waals surface area (Å²) in [6.45, 7) is 0.698. The third kappa shape index (κ3) is 4.36. The van der Waals surface area contributed by atoms with Crippen molar-refractivity contribution in [2.75, 3.05) is 11.9 Å². The van der Waals surface area contributed by atoms with E-state index in [9.17, 15) is 9.59 Å². The molecule has 0 aliphatic heterocycles. The molecule has 1 fully saturated rings. The zero-order chi connectivity index (χ0) is 14.4. The van der Waals surface area contributed by atoms with E-state index in [-0.39, 0.29) is 12.0 Å². The molecule has 1 saturated carbocycles. The molecule has 0 unspecified atom stereocenters. The molecule has 110 valence electrons. The zero-order valence-corrected chi connectivity index (χ0v) is 11.5. The first-order valence-corrected chi connectivity index (χ1v) is 7.21. The summed E-state index contributed by atoms with van der Waals surface area (Å²) >= 11 is 0. The number of nitrogens with one attached hydrogen (secondary N) is 1. The molecule has 20 heavy (non-hydrogen) atoms. The highest BCUT2D eigenvalue weighted by Gasteiger charge is 2.25. The Bertz CT molecular complexity index is 509. The number of carboxylic acid groups (broad SMARTS) is 1. The van der Waals surface area contributed by atoms with E-state index in [0.29, 0.717) is 24.8 Å². The van der Waals surface area contributed by atoms with Crippen LogP contribution in [0.15, 0.2) is 17.2 Å². The Hall–Kier alpha value is -1.85. The first-order chi connectivity index (χ1) is 9.68. The Labute approximate surface area is 117 Å². The highest BCUT2D eigenvalue weighted by molar-refractivity contribution is 5.66. The SMILES string of the molecule is O=C(O)CCCCCCNc1nccn(C2CC2)c1=O. The smallest absolute Gasteiger partial charge is 0.303 e. The number of hydrogen-bond acceptors (Lipinski definition) is 4. The predicted octanol–water partition coefficient (Wildman–Crippen LogP) is 2.03. The van der Waals surface area contributed by atoms with E-state index in [1.54, 1.807) is 17.0 Å². The van der Waals surface area contributed by atoms with Crippen LogP contribution in [0.3, 0.4) is 0 Å². The first kappa shape index (κ1) is 14.6. The predicted molar refractivity (Wildman–Crippen MR) is 76.0 cm³/mol. The van der Waals surface area contributed by atoms with Gasteiger partial charge in [0.1, 0.15) is 0 Å². The molecule has 0 amide bonds. The summed E-state index contributed by atoms with van der Waals surface area (Å²) in [5.41, 5.74) is -0.0409. The van der Waals surface area contributed by atoms with Crippen LogP contribution in [-0.4, -0.2) is 27.2 Å². The minimum Gasteiger partial charge on any atom is -0.481 e. The quantitative estimate of drug-likeness (QED) is 0.676. The average molecular weight is 279 g/mol. The van der Waals surface area contributed by atoms with Crippen molar-refractivity contribution in [1.82, 2.24) is 9.55 Å². The number of carbonyl (C=O) groups is 1. The van der Waals surface area contributed by atoms with E-state index in [2.05, 4.69) is 10.3 Å². The zero-order valence-electron chi connectivity index (χ0n) is 11.5. The fourth-order valence-corrected chi connectivity index (χ4v) is 2.15. The van der Waals surface area contributed by atoms with Gasteiger partial charge in [-0.05, 0) is 25.7 Å². The monoisotopic (exact) mass is 279 g/mol. The maximum absolute atomic E-state index is 12.1. The summed E-state index contributed by atoms with van der Waals surface area (Å²) in [4.78, 5) is 26.5. The highest BCUT2D eigenvalue weighted by atomic mass is 16.4. The van der Waals surface area contributed by atoms with Crippen molar-refractivity contribution in [1.29, 1.82) is 0 Å². The number of aromatic nitrogens is 2. The van der Waals surface area contributed by atoms with Crippen LogP contribution in [0.4, 0.5) is 5.82 Å². The van der Waals surface area contributed by atoms with E-state index in [0.717, 1.165) is 32.1 Å². The fourth-order valence-electron chi connectivity index (χ4n) is 2.15. The Morgan fingerprint density at radius 3 is 2.80 bits per heavy atom. The molecule has 1 aromatic rings. The molecule has 6 nitrogen and oxygen atoms in total. The molecule has 0 atom stereocenters. The molecule has 2 rings (SSSR count). The molecule has 1 aliphatic rings. The molecule has 0 spiro atoms. The average Bonchev–Trinajstić information content (AvgIpc) is 3.23. The molecule has 1 heterocycles. The van der Waals surface area contributed by atoms with Gasteiger partial charge in [0, 0.05) is 31.4 Å². The van der Waals surface area contributed by atoms with Gasteiger partial charge < -0.3 is 15.0 Å². The van der Waals surface area contributed by atoms with Crippen LogP contribution < -0.4 is 10.9 Å². The van der Waals surface area contributed by atoms with Crippen LogP contribution in [0, 0.1) is 0 Å². The number of nitrogens with zero attached hydrogens (tertiary/aromatic N) is 2. The second kappa shape index (κ2) is 7.07. The summed E-state index contributed by atoms with van der Waals surface area (Å²) in [5.74, 6) is -0.317. The summed E-state index contributed by atoms with van der Waals surface area (Å²) in [7, 11) is 0. The molecule has 1 aromatic heterocycles. The summed E-state index contributed by atoms with van der Waals surface area (Å²) in [5, 5.41) is 11.6. The van der Waals surface area contributed by atoms with Crippen molar-refractivity contribution >= 4 is 11.8 Å². The number of hydrogen-bond donors (Lipinski definition) is 2. The van der Waals surface area contributed by atoms with E-state index < -0.39 is 5.97 Å². The topological polar surface area (TPSA) is 84.2 Å². The van der Waals surface area contributed by atoms with Gasteiger partial charge in [-0.25, -0.2) is 4.98 Å². The van der Waals surface area contributed by atoms with E-state index in [4.69, 9.17) is 5.11 Å². The summed E-state index contributed by atoms with van der Waals surface area (Å²) < 4.78 is 1.75. The minimum atomic E-state index is -0.739. The second-order valence-electron chi connectivity index (χ2n) is 5.20. The van der Waals surface area contributed by atoms with Crippen molar-refractivity contribution in [3.63, 3.8) is 0 Å². The molecule has 6 heteroatoms. The molecular weight excluding hydrogens is 258 g/mol. The van der Waals surface area contributed by atoms with Crippen molar-refractivity contribution in [2.24, 2.45) is 0 Å². The van der Waals surface area contributed by atoms with Gasteiger partial charge in [0.25, 0.3) is 5.56 Å². The standard InChI is InChI=1S/C14H21N3O3/c18-12(19)5-3-1-2-4-8-15-13-14(20)17(10-9-16-13)11-6-7-11/h9-11H,1-8H2,(H,15,16)(H,18,19). The lowest BCUT2D eigenvalue weighted by molar-refractivity contribution is -0.137. The minimum absolute atomic E-state index is 0.0409. The van der Waals surface area contributed by atoms with Gasteiger partial charge in [-0.3, -0.25) is 9.59 Å². The van der Waals surface area contributed by atoms with E-state index >= 15 is 0 Å². The van der Waals surface area contributed by atoms with Crippen molar-refractivity contribution < 1.29 is 9.90 Å². The third-order valence-corrected chi connectivity index (χ3v) is 3.42. The van der Waals surface area contributed by atoms with Gasteiger partial charge in [-0.15, -0.1) is 0 Å². The summed E-state index contributed by atoms with van der Waals surface area (Å²) in [6.07, 6.45) is 9.30. The Balaban J connectivity index is 1.68. The second-order valence-corrected chi connectivity index (χ2v) is 5.20. The Morgan fingerprint density at radius 2 is 2.10 bits per heavy atom. The summed E-state index contributed by atoms with van der Waals surface area (Å²) in [6, 6.07) is 0.363. The van der Waals surface area contributed by atoms with E-state index in [1.165, 1.54) is 0 Å². The lowest BCUT2D eigenvalue weighted by Crippen LogP contribution is -2.24. The molecule has 2 N–H and O–H groups in total. The van der Waals surface area contributed by atoms with Gasteiger partial charge in [-0.2, -0.15) is 0 Å². The fraction of sp³-hybridized carbons (Fsp3) is 0.643. The normalized spacial score (nSPS) is 14.2. The third-order valence-electron chi connectivity index (χ3n) is 3.42. The highest BCUT2D eigenvalue weighted by Crippen LogP contribution is 2.33. The van der Waals surface area contributed by atoms with Gasteiger partial charge in [0.15, 0.2) is 5.82 Å². The van der Waals surface area contributed by atoms with Gasteiger partial charge >= 0.3 is 5.97 Å². The molecule has 0 radical (unpaired) electrons. The number of carboxylic acids is 1. The van der Waals surface area contributed by atoms with E-state index in [1.807, 2.05) is 0 Å². The molecule has 0 saturated heterocycles. The Morgan fingerprint density at radius 1 is 1.35 bits per heavy atom. The van der Waals surface area contributed by atoms with Gasteiger partial charge in [0.05, 0.1) is 0 Å².